The molecule has 1 N–H and O–H groups in total. The van der Waals surface area contributed by atoms with E-state index < -0.39 is 6.23 Å². The van der Waals surface area contributed by atoms with Crippen molar-refractivity contribution in [3.63, 3.8) is 0 Å². The molecular weight excluding hydrogens is 324 g/mol. The predicted molar refractivity (Wildman–Crippen MR) is 90.5 cm³/mol. The topological polar surface area (TPSA) is 80.6 Å². The van der Waals surface area contributed by atoms with Crippen LogP contribution in [0.3, 0.4) is 0 Å². The van der Waals surface area contributed by atoms with Crippen LogP contribution in [0.4, 0.5) is 0 Å². The van der Waals surface area contributed by atoms with Crippen LogP contribution in [0, 0.1) is 0 Å². The number of carbonyl (C=O) groups excluding carboxylic acids is 1. The van der Waals surface area contributed by atoms with E-state index in [2.05, 4.69) is 5.10 Å². The van der Waals surface area contributed by atoms with Gasteiger partial charge in [-0.25, -0.2) is 0 Å². The maximum atomic E-state index is 12.0. The number of carbonyl (C=O) groups is 1. The fourth-order valence-corrected chi connectivity index (χ4v) is 2.48. The Morgan fingerprint density at radius 2 is 1.76 bits per heavy atom. The quantitative estimate of drug-likeness (QED) is 0.924. The number of methoxy groups -OCH3 is 2. The van der Waals surface area contributed by atoms with E-state index in [0.29, 0.717) is 22.6 Å². The van der Waals surface area contributed by atoms with Crippen molar-refractivity contribution >= 4 is 11.8 Å². The number of hydrogen-bond donors (Lipinski definition) is 1. The second-order valence-corrected chi connectivity index (χ2v) is 5.39. The predicted octanol–water partition coefficient (Wildman–Crippen LogP) is 2.65. The number of nitrogens with zero attached hydrogens (tertiary/aromatic N) is 2. The van der Waals surface area contributed by atoms with Gasteiger partial charge in [-0.2, -0.15) is 5.01 Å². The Balaban J connectivity index is 1.95. The van der Waals surface area contributed by atoms with E-state index >= 15 is 0 Å². The highest BCUT2D eigenvalue weighted by atomic mass is 16.5. The van der Waals surface area contributed by atoms with Gasteiger partial charge in [0.25, 0.3) is 0 Å². The Hall–Kier alpha value is -3.22. The van der Waals surface area contributed by atoms with Crippen LogP contribution in [-0.4, -0.2) is 36.1 Å². The highest BCUT2D eigenvalue weighted by molar-refractivity contribution is 5.96. The maximum absolute atomic E-state index is 12.0. The molecule has 25 heavy (non-hydrogen) atoms. The molecule has 130 valence electrons. The number of benzene rings is 2. The summed E-state index contributed by atoms with van der Waals surface area (Å²) in [4.78, 5) is 12.0. The minimum Gasteiger partial charge on any atom is -0.507 e. The third-order valence-electron chi connectivity index (χ3n) is 3.80. The lowest BCUT2D eigenvalue weighted by atomic mass is 10.1. The molecule has 0 saturated carbocycles. The zero-order valence-corrected chi connectivity index (χ0v) is 14.1. The molecule has 0 bridgehead atoms. The van der Waals surface area contributed by atoms with Crippen LogP contribution in [-0.2, 0) is 9.53 Å². The molecule has 1 unspecified atom stereocenters. The van der Waals surface area contributed by atoms with Gasteiger partial charge in [-0.05, 0) is 42.5 Å². The third kappa shape index (κ3) is 3.21. The third-order valence-corrected chi connectivity index (χ3v) is 3.80. The minimum absolute atomic E-state index is 0.0109. The summed E-state index contributed by atoms with van der Waals surface area (Å²) in [5.41, 5.74) is 1.08. The standard InChI is InChI=1S/C18H18N2O5/c1-11(21)20-18(15-10-14(24-3)8-9-16(15)22)25-17(19-20)12-4-6-13(23-2)7-5-12/h4-10,18,22H,1-3H3. The van der Waals surface area contributed by atoms with Gasteiger partial charge in [0, 0.05) is 12.5 Å². The summed E-state index contributed by atoms with van der Waals surface area (Å²) in [6, 6.07) is 11.8. The monoisotopic (exact) mass is 342 g/mol. The summed E-state index contributed by atoms with van der Waals surface area (Å²) in [7, 11) is 3.10. The second-order valence-electron chi connectivity index (χ2n) is 5.39. The molecule has 7 heteroatoms. The molecule has 1 heterocycles. The lowest BCUT2D eigenvalue weighted by Crippen LogP contribution is -2.25. The van der Waals surface area contributed by atoms with E-state index in [1.165, 1.54) is 25.1 Å². The molecule has 7 nitrogen and oxygen atoms in total. The summed E-state index contributed by atoms with van der Waals surface area (Å²) in [5.74, 6) is 1.20. The molecule has 2 aromatic carbocycles. The van der Waals surface area contributed by atoms with Crippen molar-refractivity contribution < 1.29 is 24.1 Å². The first kappa shape index (κ1) is 16.6. The van der Waals surface area contributed by atoms with Crippen LogP contribution < -0.4 is 9.47 Å². The van der Waals surface area contributed by atoms with Crippen molar-refractivity contribution in [2.45, 2.75) is 13.2 Å². The second kappa shape index (κ2) is 6.72. The first-order chi connectivity index (χ1) is 12.0. The van der Waals surface area contributed by atoms with Gasteiger partial charge >= 0.3 is 0 Å². The Morgan fingerprint density at radius 3 is 2.36 bits per heavy atom. The van der Waals surface area contributed by atoms with Crippen molar-refractivity contribution in [3.05, 3.63) is 53.6 Å². The van der Waals surface area contributed by atoms with Gasteiger partial charge in [0.15, 0.2) is 0 Å². The Kier molecular flexibility index (Phi) is 4.47. The molecule has 0 spiro atoms. The Labute approximate surface area is 145 Å². The van der Waals surface area contributed by atoms with Crippen molar-refractivity contribution in [2.24, 2.45) is 5.10 Å². The molecule has 2 aromatic rings. The van der Waals surface area contributed by atoms with Gasteiger partial charge in [-0.15, -0.1) is 5.10 Å². The largest absolute Gasteiger partial charge is 0.507 e. The van der Waals surface area contributed by atoms with Gasteiger partial charge in [0.05, 0.1) is 19.8 Å². The smallest absolute Gasteiger partial charge is 0.243 e. The van der Waals surface area contributed by atoms with Crippen LogP contribution >= 0.6 is 0 Å². The van der Waals surface area contributed by atoms with Gasteiger partial charge < -0.3 is 19.3 Å². The van der Waals surface area contributed by atoms with Gasteiger partial charge in [0.2, 0.25) is 18.0 Å². The first-order valence-electron chi connectivity index (χ1n) is 7.60. The minimum atomic E-state index is -0.871. The number of phenolic OH excluding ortho intramolecular Hbond substituents is 1. The van der Waals surface area contributed by atoms with E-state index in [1.807, 2.05) is 0 Å². The lowest BCUT2D eigenvalue weighted by molar-refractivity contribution is -0.135. The molecular formula is C18H18N2O5. The van der Waals surface area contributed by atoms with E-state index in [9.17, 15) is 9.90 Å². The number of ether oxygens (including phenoxy) is 3. The molecule has 1 aliphatic heterocycles. The van der Waals surface area contributed by atoms with Crippen LogP contribution in [0.25, 0.3) is 0 Å². The average molecular weight is 342 g/mol. The fourth-order valence-electron chi connectivity index (χ4n) is 2.48. The number of phenols is 1. The molecule has 3 rings (SSSR count). The number of hydrazone groups is 1. The summed E-state index contributed by atoms with van der Waals surface area (Å²) in [5, 5.41) is 15.6. The SMILES string of the molecule is COc1ccc(C2=NN(C(C)=O)C(c3cc(OC)ccc3O)O2)cc1. The van der Waals surface area contributed by atoms with Crippen molar-refractivity contribution in [1.29, 1.82) is 0 Å². The summed E-state index contributed by atoms with van der Waals surface area (Å²) in [6.07, 6.45) is -0.871. The molecule has 0 aromatic heterocycles. The normalized spacial score (nSPS) is 16.2. The van der Waals surface area contributed by atoms with Crippen molar-refractivity contribution in [1.82, 2.24) is 5.01 Å². The summed E-state index contributed by atoms with van der Waals surface area (Å²) in [6.45, 7) is 1.38. The van der Waals surface area contributed by atoms with Gasteiger partial charge in [-0.1, -0.05) is 0 Å². The van der Waals surface area contributed by atoms with Gasteiger partial charge in [-0.3, -0.25) is 4.79 Å². The van der Waals surface area contributed by atoms with Crippen molar-refractivity contribution in [3.8, 4) is 17.2 Å². The molecule has 0 saturated heterocycles. The van der Waals surface area contributed by atoms with Crippen molar-refractivity contribution in [2.75, 3.05) is 14.2 Å². The molecule has 0 fully saturated rings. The van der Waals surface area contributed by atoms with E-state index in [1.54, 1.807) is 43.5 Å². The molecule has 0 aliphatic carbocycles. The zero-order chi connectivity index (χ0) is 18.0. The van der Waals surface area contributed by atoms with E-state index in [4.69, 9.17) is 14.2 Å². The number of hydrogen-bond acceptors (Lipinski definition) is 6. The van der Waals surface area contributed by atoms with Gasteiger partial charge in [0.1, 0.15) is 17.2 Å². The number of rotatable bonds is 4. The van der Waals surface area contributed by atoms with E-state index in [-0.39, 0.29) is 17.6 Å². The molecule has 1 amide bonds. The summed E-state index contributed by atoms with van der Waals surface area (Å²) < 4.78 is 16.2. The van der Waals surface area contributed by atoms with Crippen LogP contribution in [0.1, 0.15) is 24.3 Å². The lowest BCUT2D eigenvalue weighted by Gasteiger charge is -2.20. The summed E-state index contributed by atoms with van der Waals surface area (Å²) >= 11 is 0. The highest BCUT2D eigenvalue weighted by Gasteiger charge is 2.35. The molecule has 0 radical (unpaired) electrons. The fraction of sp³-hybridized carbons (Fsp3) is 0.222. The molecule has 1 atom stereocenters. The first-order valence-corrected chi connectivity index (χ1v) is 7.60. The van der Waals surface area contributed by atoms with Crippen LogP contribution in [0.2, 0.25) is 0 Å². The zero-order valence-electron chi connectivity index (χ0n) is 14.1. The number of aromatic hydroxyl groups is 1. The molecule has 1 aliphatic rings. The highest BCUT2D eigenvalue weighted by Crippen LogP contribution is 2.37. The van der Waals surface area contributed by atoms with Crippen LogP contribution in [0.15, 0.2) is 47.6 Å². The Morgan fingerprint density at radius 1 is 1.12 bits per heavy atom. The van der Waals surface area contributed by atoms with Crippen LogP contribution in [0.5, 0.6) is 17.2 Å². The maximum Gasteiger partial charge on any atom is 0.243 e. The average Bonchev–Trinajstić information content (AvgIpc) is 3.07. The van der Waals surface area contributed by atoms with E-state index in [0.717, 1.165) is 0 Å². The Bertz CT molecular complexity index is 817. The number of amides is 1.